The molecular weight excluding hydrogens is 254 g/mol. The second-order valence-corrected chi connectivity index (χ2v) is 7.91. The van der Waals surface area contributed by atoms with Gasteiger partial charge in [-0.05, 0) is 33.6 Å². The Hall–Kier alpha value is -0.910. The molecule has 0 saturated heterocycles. The highest BCUT2D eigenvalue weighted by atomic mass is 32.2. The number of carbonyl (C=O) groups excluding carboxylic acids is 1. The predicted octanol–water partition coefficient (Wildman–Crippen LogP) is 0.761. The van der Waals surface area contributed by atoms with Crippen LogP contribution in [0.2, 0.25) is 0 Å². The number of hydrogen-bond acceptors (Lipinski definition) is 3. The maximum atomic E-state index is 11.7. The van der Waals surface area contributed by atoms with Crippen molar-refractivity contribution in [3.63, 3.8) is 0 Å². The zero-order chi connectivity index (χ0) is 13.9. The molecule has 5 nitrogen and oxygen atoms in total. The minimum atomic E-state index is -0.999. The first-order chi connectivity index (χ1) is 8.23. The molecular formula is C12H21NO4S. The molecule has 0 heterocycles. The van der Waals surface area contributed by atoms with E-state index in [4.69, 9.17) is 5.11 Å². The molecule has 6 heteroatoms. The van der Waals surface area contributed by atoms with Gasteiger partial charge in [-0.15, -0.1) is 0 Å². The Morgan fingerprint density at radius 1 is 1.28 bits per heavy atom. The summed E-state index contributed by atoms with van der Waals surface area (Å²) in [4.78, 5) is 22.5. The van der Waals surface area contributed by atoms with Crippen molar-refractivity contribution in [2.75, 3.05) is 12.3 Å². The van der Waals surface area contributed by atoms with E-state index in [1.807, 2.05) is 20.8 Å². The van der Waals surface area contributed by atoms with Crippen LogP contribution < -0.4 is 5.32 Å². The number of hydrogen-bond donors (Lipinski definition) is 2. The highest BCUT2D eigenvalue weighted by molar-refractivity contribution is 7.86. The predicted molar refractivity (Wildman–Crippen MR) is 69.6 cm³/mol. The van der Waals surface area contributed by atoms with E-state index < -0.39 is 28.6 Å². The van der Waals surface area contributed by atoms with Gasteiger partial charge >= 0.3 is 5.97 Å². The highest BCUT2D eigenvalue weighted by Gasteiger charge is 2.41. The zero-order valence-corrected chi connectivity index (χ0v) is 11.9. The molecule has 18 heavy (non-hydrogen) atoms. The second kappa shape index (κ2) is 5.82. The van der Waals surface area contributed by atoms with E-state index in [1.165, 1.54) is 0 Å². The zero-order valence-electron chi connectivity index (χ0n) is 11.1. The van der Waals surface area contributed by atoms with E-state index in [0.717, 1.165) is 0 Å². The van der Waals surface area contributed by atoms with Crippen molar-refractivity contribution >= 4 is 22.7 Å². The van der Waals surface area contributed by atoms with Crippen LogP contribution in [0.25, 0.3) is 0 Å². The molecule has 1 amide bonds. The van der Waals surface area contributed by atoms with Gasteiger partial charge in [-0.25, -0.2) is 0 Å². The quantitative estimate of drug-likeness (QED) is 0.776. The van der Waals surface area contributed by atoms with Gasteiger partial charge in [0.15, 0.2) is 0 Å². The Labute approximate surface area is 110 Å². The SMILES string of the molecule is CC(C)(C)S(=O)CCNC(=O)C1CCC1C(=O)O. The van der Waals surface area contributed by atoms with Crippen LogP contribution in [0.5, 0.6) is 0 Å². The molecule has 0 aromatic rings. The van der Waals surface area contributed by atoms with E-state index in [-0.39, 0.29) is 10.7 Å². The van der Waals surface area contributed by atoms with E-state index in [0.29, 0.717) is 25.1 Å². The monoisotopic (exact) mass is 275 g/mol. The average molecular weight is 275 g/mol. The second-order valence-electron chi connectivity index (χ2n) is 5.58. The number of carboxylic acid groups (broad SMARTS) is 1. The fraction of sp³-hybridized carbons (Fsp3) is 0.833. The first kappa shape index (κ1) is 15.1. The van der Waals surface area contributed by atoms with E-state index >= 15 is 0 Å². The summed E-state index contributed by atoms with van der Waals surface area (Å²) in [7, 11) is -0.999. The maximum Gasteiger partial charge on any atom is 0.307 e. The van der Waals surface area contributed by atoms with Crippen molar-refractivity contribution in [1.29, 1.82) is 0 Å². The Morgan fingerprint density at radius 3 is 2.22 bits per heavy atom. The minimum absolute atomic E-state index is 0.223. The van der Waals surface area contributed by atoms with Gasteiger partial charge in [0.05, 0.1) is 11.8 Å². The Balaban J connectivity index is 2.30. The Kier molecular flexibility index (Phi) is 4.90. The lowest BCUT2D eigenvalue weighted by molar-refractivity contribution is -0.152. The van der Waals surface area contributed by atoms with Crippen molar-refractivity contribution in [3.8, 4) is 0 Å². The molecule has 3 atom stereocenters. The third-order valence-electron chi connectivity index (χ3n) is 3.20. The summed E-state index contributed by atoms with van der Waals surface area (Å²) in [5.41, 5.74) is 0. The Morgan fingerprint density at radius 2 is 1.83 bits per heavy atom. The number of aliphatic carboxylic acids is 1. The van der Waals surface area contributed by atoms with E-state index in [9.17, 15) is 13.8 Å². The van der Waals surface area contributed by atoms with Gasteiger partial charge in [0.2, 0.25) is 5.91 Å². The van der Waals surface area contributed by atoms with Crippen molar-refractivity contribution in [2.24, 2.45) is 11.8 Å². The Bertz CT molecular complexity index is 362. The smallest absolute Gasteiger partial charge is 0.307 e. The molecule has 1 aliphatic carbocycles. The van der Waals surface area contributed by atoms with Crippen LogP contribution in [0, 0.1) is 11.8 Å². The third kappa shape index (κ3) is 3.80. The molecule has 2 N–H and O–H groups in total. The normalized spacial score (nSPS) is 25.1. The topological polar surface area (TPSA) is 83.5 Å². The van der Waals surface area contributed by atoms with Crippen molar-refractivity contribution < 1.29 is 18.9 Å². The van der Waals surface area contributed by atoms with Crippen molar-refractivity contribution in [2.45, 2.75) is 38.4 Å². The third-order valence-corrected chi connectivity index (χ3v) is 5.14. The summed E-state index contributed by atoms with van der Waals surface area (Å²) in [5, 5.41) is 11.5. The highest BCUT2D eigenvalue weighted by Crippen LogP contribution is 2.34. The van der Waals surface area contributed by atoms with Crippen molar-refractivity contribution in [3.05, 3.63) is 0 Å². The molecule has 0 aliphatic heterocycles. The molecule has 1 aliphatic rings. The molecule has 1 saturated carbocycles. The van der Waals surface area contributed by atoms with Gasteiger partial charge in [-0.1, -0.05) is 0 Å². The standard InChI is InChI=1S/C12H21NO4S/c1-12(2,3)18(17)7-6-13-10(14)8-4-5-9(8)11(15)16/h8-9H,4-7H2,1-3H3,(H,13,14)(H,15,16). The van der Waals surface area contributed by atoms with E-state index in [1.54, 1.807) is 0 Å². The number of amides is 1. The minimum Gasteiger partial charge on any atom is -0.481 e. The fourth-order valence-electron chi connectivity index (χ4n) is 1.81. The van der Waals surface area contributed by atoms with Crippen LogP contribution >= 0.6 is 0 Å². The lowest BCUT2D eigenvalue weighted by atomic mass is 9.73. The van der Waals surface area contributed by atoms with Gasteiger partial charge in [0, 0.05) is 27.8 Å². The van der Waals surface area contributed by atoms with Gasteiger partial charge < -0.3 is 10.4 Å². The van der Waals surface area contributed by atoms with Crippen molar-refractivity contribution in [1.82, 2.24) is 5.32 Å². The molecule has 104 valence electrons. The number of nitrogens with one attached hydrogen (secondary N) is 1. The molecule has 0 spiro atoms. The van der Waals surface area contributed by atoms with Crippen LogP contribution in [0.1, 0.15) is 33.6 Å². The summed E-state index contributed by atoms with van der Waals surface area (Å²) in [5.74, 6) is -1.68. The van der Waals surface area contributed by atoms with Gasteiger partial charge in [0.25, 0.3) is 0 Å². The first-order valence-electron chi connectivity index (χ1n) is 6.12. The van der Waals surface area contributed by atoms with Gasteiger partial charge in [0.1, 0.15) is 0 Å². The first-order valence-corrected chi connectivity index (χ1v) is 7.44. The summed E-state index contributed by atoms with van der Waals surface area (Å²) in [6.45, 7) is 6.00. The molecule has 1 rings (SSSR count). The summed E-state index contributed by atoms with van der Waals surface area (Å²) < 4.78 is 11.5. The van der Waals surface area contributed by atoms with Crippen LogP contribution in [0.15, 0.2) is 0 Å². The molecule has 0 bridgehead atoms. The molecule has 0 aromatic carbocycles. The number of rotatable bonds is 5. The maximum absolute atomic E-state index is 11.7. The largest absolute Gasteiger partial charge is 0.481 e. The molecule has 0 radical (unpaired) electrons. The molecule has 0 aromatic heterocycles. The van der Waals surface area contributed by atoms with Crippen LogP contribution in [-0.4, -0.2) is 38.2 Å². The molecule has 3 unspecified atom stereocenters. The fourth-order valence-corrected chi connectivity index (χ4v) is 2.71. The van der Waals surface area contributed by atoms with Crippen LogP contribution in [0.4, 0.5) is 0 Å². The lowest BCUT2D eigenvalue weighted by Gasteiger charge is -2.32. The number of carboxylic acids is 1. The van der Waals surface area contributed by atoms with Gasteiger partial charge in [-0.3, -0.25) is 13.8 Å². The average Bonchev–Trinajstić information content (AvgIpc) is 2.12. The van der Waals surface area contributed by atoms with Crippen LogP contribution in [0.3, 0.4) is 0 Å². The lowest BCUT2D eigenvalue weighted by Crippen LogP contribution is -2.45. The summed E-state index contributed by atoms with van der Waals surface area (Å²) in [6.07, 6.45) is 1.20. The molecule has 1 fully saturated rings. The number of carbonyl (C=O) groups is 2. The van der Waals surface area contributed by atoms with Crippen LogP contribution in [-0.2, 0) is 20.4 Å². The van der Waals surface area contributed by atoms with E-state index in [2.05, 4.69) is 5.32 Å². The summed E-state index contributed by atoms with van der Waals surface area (Å²) >= 11 is 0. The summed E-state index contributed by atoms with van der Waals surface area (Å²) in [6, 6.07) is 0. The van der Waals surface area contributed by atoms with Gasteiger partial charge in [-0.2, -0.15) is 0 Å².